The molecule has 0 aliphatic rings. The molecule has 2 aromatic rings. The number of halogens is 1. The Labute approximate surface area is 120 Å². The molecule has 0 fully saturated rings. The second kappa shape index (κ2) is 7.06. The minimum atomic E-state index is -0.223. The van der Waals surface area contributed by atoms with Gasteiger partial charge in [-0.05, 0) is 30.7 Å². The Balaban J connectivity index is 2.09. The van der Waals surface area contributed by atoms with Crippen LogP contribution in [-0.2, 0) is 13.1 Å². The Hall–Kier alpha value is -1.87. The van der Waals surface area contributed by atoms with Crippen LogP contribution in [0.4, 0.5) is 10.1 Å². The van der Waals surface area contributed by atoms with Gasteiger partial charge in [-0.2, -0.15) is 0 Å². The van der Waals surface area contributed by atoms with Crippen LogP contribution in [0.3, 0.4) is 0 Å². The fourth-order valence-electron chi connectivity index (χ4n) is 2.30. The predicted molar refractivity (Wildman–Crippen MR) is 81.7 cm³/mol. The maximum absolute atomic E-state index is 13.9. The molecule has 0 bridgehead atoms. The molecule has 20 heavy (non-hydrogen) atoms. The van der Waals surface area contributed by atoms with Crippen molar-refractivity contribution in [2.75, 3.05) is 12.3 Å². The summed E-state index contributed by atoms with van der Waals surface area (Å²) in [6, 6.07) is 15.2. The van der Waals surface area contributed by atoms with Crippen molar-refractivity contribution in [3.63, 3.8) is 0 Å². The van der Waals surface area contributed by atoms with Gasteiger partial charge in [-0.25, -0.2) is 4.39 Å². The summed E-state index contributed by atoms with van der Waals surface area (Å²) in [7, 11) is 0. The van der Waals surface area contributed by atoms with Gasteiger partial charge >= 0.3 is 0 Å². The van der Waals surface area contributed by atoms with Crippen LogP contribution >= 0.6 is 0 Å². The Morgan fingerprint density at radius 1 is 1.05 bits per heavy atom. The number of nitrogen functional groups attached to an aromatic ring is 1. The molecule has 0 saturated heterocycles. The van der Waals surface area contributed by atoms with E-state index in [9.17, 15) is 4.39 Å². The van der Waals surface area contributed by atoms with Crippen LogP contribution in [0.1, 0.15) is 24.5 Å². The van der Waals surface area contributed by atoms with Crippen LogP contribution in [0.15, 0.2) is 48.5 Å². The normalized spacial score (nSPS) is 10.9. The van der Waals surface area contributed by atoms with Gasteiger partial charge in [0, 0.05) is 24.3 Å². The summed E-state index contributed by atoms with van der Waals surface area (Å²) in [6.07, 6.45) is 1.05. The predicted octanol–water partition coefficient (Wildman–Crippen LogP) is 3.82. The number of hydrogen-bond donors (Lipinski definition) is 1. The molecule has 2 rings (SSSR count). The van der Waals surface area contributed by atoms with Crippen LogP contribution in [0, 0.1) is 5.82 Å². The molecule has 2 nitrogen and oxygen atoms in total. The van der Waals surface area contributed by atoms with Crippen LogP contribution in [-0.4, -0.2) is 11.4 Å². The topological polar surface area (TPSA) is 29.3 Å². The molecule has 3 heteroatoms. The lowest BCUT2D eigenvalue weighted by Gasteiger charge is -2.22. The quantitative estimate of drug-likeness (QED) is 0.810. The molecule has 0 atom stereocenters. The van der Waals surface area contributed by atoms with E-state index in [2.05, 4.69) is 24.0 Å². The second-order valence-corrected chi connectivity index (χ2v) is 5.05. The Morgan fingerprint density at radius 3 is 2.45 bits per heavy atom. The highest BCUT2D eigenvalue weighted by atomic mass is 19.1. The molecule has 0 aromatic heterocycles. The first-order chi connectivity index (χ1) is 9.69. The van der Waals surface area contributed by atoms with E-state index in [1.807, 2.05) is 18.2 Å². The summed E-state index contributed by atoms with van der Waals surface area (Å²) >= 11 is 0. The fourth-order valence-corrected chi connectivity index (χ4v) is 2.30. The molecular formula is C17H21FN2. The van der Waals surface area contributed by atoms with Gasteiger partial charge in [0.2, 0.25) is 0 Å². The average molecular weight is 272 g/mol. The zero-order chi connectivity index (χ0) is 14.4. The Morgan fingerprint density at radius 2 is 1.80 bits per heavy atom. The van der Waals surface area contributed by atoms with E-state index in [0.29, 0.717) is 17.8 Å². The van der Waals surface area contributed by atoms with E-state index >= 15 is 0 Å². The van der Waals surface area contributed by atoms with Crippen molar-refractivity contribution in [1.29, 1.82) is 0 Å². The molecular weight excluding hydrogens is 251 g/mol. The van der Waals surface area contributed by atoms with E-state index in [-0.39, 0.29) is 5.82 Å². The highest BCUT2D eigenvalue weighted by Gasteiger charge is 2.09. The maximum Gasteiger partial charge on any atom is 0.129 e. The van der Waals surface area contributed by atoms with Gasteiger partial charge in [-0.1, -0.05) is 43.3 Å². The van der Waals surface area contributed by atoms with Crippen molar-refractivity contribution in [3.8, 4) is 0 Å². The van der Waals surface area contributed by atoms with Gasteiger partial charge in [0.15, 0.2) is 0 Å². The minimum absolute atomic E-state index is 0.223. The highest BCUT2D eigenvalue weighted by Crippen LogP contribution is 2.16. The smallest absolute Gasteiger partial charge is 0.129 e. The molecule has 2 N–H and O–H groups in total. The zero-order valence-corrected chi connectivity index (χ0v) is 11.8. The van der Waals surface area contributed by atoms with Crippen molar-refractivity contribution < 1.29 is 4.39 Å². The van der Waals surface area contributed by atoms with Crippen LogP contribution in [0.2, 0.25) is 0 Å². The summed E-state index contributed by atoms with van der Waals surface area (Å²) in [4.78, 5) is 2.25. The van der Waals surface area contributed by atoms with Crippen molar-refractivity contribution >= 4 is 5.69 Å². The summed E-state index contributed by atoms with van der Waals surface area (Å²) in [5.74, 6) is -0.223. The van der Waals surface area contributed by atoms with Crippen LogP contribution in [0.25, 0.3) is 0 Å². The largest absolute Gasteiger partial charge is 0.399 e. The molecule has 0 spiro atoms. The third-order valence-corrected chi connectivity index (χ3v) is 3.26. The molecule has 0 heterocycles. The molecule has 0 saturated carbocycles. The molecule has 0 amide bonds. The van der Waals surface area contributed by atoms with Crippen LogP contribution in [0.5, 0.6) is 0 Å². The molecule has 2 aromatic carbocycles. The SMILES string of the molecule is CCCN(Cc1ccccc1)Cc1ccc(N)cc1F. The van der Waals surface area contributed by atoms with Gasteiger partial charge in [0.25, 0.3) is 0 Å². The lowest BCUT2D eigenvalue weighted by Crippen LogP contribution is -2.24. The number of benzene rings is 2. The van der Waals surface area contributed by atoms with Crippen molar-refractivity contribution in [3.05, 3.63) is 65.5 Å². The molecule has 0 unspecified atom stereocenters. The van der Waals surface area contributed by atoms with Crippen LogP contribution < -0.4 is 5.73 Å². The summed E-state index contributed by atoms with van der Waals surface area (Å²) in [6.45, 7) is 4.52. The van der Waals surface area contributed by atoms with Gasteiger partial charge in [0.05, 0.1) is 0 Å². The summed E-state index contributed by atoms with van der Waals surface area (Å²) in [5.41, 5.74) is 8.00. The van der Waals surface area contributed by atoms with E-state index in [0.717, 1.165) is 19.5 Å². The first-order valence-electron chi connectivity index (χ1n) is 6.99. The monoisotopic (exact) mass is 272 g/mol. The van der Waals surface area contributed by atoms with E-state index < -0.39 is 0 Å². The fraction of sp³-hybridized carbons (Fsp3) is 0.294. The number of nitrogens with zero attached hydrogens (tertiary/aromatic N) is 1. The van der Waals surface area contributed by atoms with Crippen molar-refractivity contribution in [2.45, 2.75) is 26.4 Å². The number of hydrogen-bond acceptors (Lipinski definition) is 2. The molecule has 106 valence electrons. The number of anilines is 1. The zero-order valence-electron chi connectivity index (χ0n) is 11.8. The molecule has 0 aliphatic heterocycles. The van der Waals surface area contributed by atoms with Crippen molar-refractivity contribution in [1.82, 2.24) is 4.90 Å². The standard InChI is InChI=1S/C17H21FN2/c1-2-10-20(12-14-6-4-3-5-7-14)13-15-8-9-16(19)11-17(15)18/h3-9,11H,2,10,12-13,19H2,1H3. The second-order valence-electron chi connectivity index (χ2n) is 5.05. The van der Waals surface area contributed by atoms with E-state index in [4.69, 9.17) is 5.73 Å². The third-order valence-electron chi connectivity index (χ3n) is 3.26. The summed E-state index contributed by atoms with van der Waals surface area (Å²) < 4.78 is 13.9. The van der Waals surface area contributed by atoms with Gasteiger partial charge in [-0.15, -0.1) is 0 Å². The first kappa shape index (κ1) is 14.5. The lowest BCUT2D eigenvalue weighted by molar-refractivity contribution is 0.253. The Kier molecular flexibility index (Phi) is 5.13. The summed E-state index contributed by atoms with van der Waals surface area (Å²) in [5, 5.41) is 0. The van der Waals surface area contributed by atoms with Gasteiger partial charge < -0.3 is 5.73 Å². The van der Waals surface area contributed by atoms with Crippen molar-refractivity contribution in [2.24, 2.45) is 0 Å². The van der Waals surface area contributed by atoms with Gasteiger partial charge in [0.1, 0.15) is 5.82 Å². The van der Waals surface area contributed by atoms with Gasteiger partial charge in [-0.3, -0.25) is 4.90 Å². The maximum atomic E-state index is 13.9. The number of rotatable bonds is 6. The first-order valence-corrected chi connectivity index (χ1v) is 6.99. The minimum Gasteiger partial charge on any atom is -0.399 e. The third kappa shape index (κ3) is 4.07. The lowest BCUT2D eigenvalue weighted by atomic mass is 10.1. The average Bonchev–Trinajstić information content (AvgIpc) is 2.43. The molecule has 0 radical (unpaired) electrons. The Bertz CT molecular complexity index is 540. The van der Waals surface area contributed by atoms with E-state index in [1.54, 1.807) is 12.1 Å². The molecule has 0 aliphatic carbocycles. The number of nitrogens with two attached hydrogens (primary N) is 1. The highest BCUT2D eigenvalue weighted by molar-refractivity contribution is 5.40. The van der Waals surface area contributed by atoms with E-state index in [1.165, 1.54) is 11.6 Å².